The van der Waals surface area contributed by atoms with E-state index in [4.69, 9.17) is 16.3 Å². The quantitative estimate of drug-likeness (QED) is 0.851. The van der Waals surface area contributed by atoms with E-state index >= 15 is 0 Å². The van der Waals surface area contributed by atoms with Crippen molar-refractivity contribution < 1.29 is 4.74 Å². The van der Waals surface area contributed by atoms with E-state index in [1.807, 2.05) is 31.2 Å². The van der Waals surface area contributed by atoms with Gasteiger partial charge in [-0.2, -0.15) is 0 Å². The van der Waals surface area contributed by atoms with Crippen LogP contribution in [0.3, 0.4) is 0 Å². The molecule has 0 aromatic heterocycles. The first-order valence-corrected chi connectivity index (χ1v) is 7.16. The van der Waals surface area contributed by atoms with Crippen LogP contribution in [0.1, 0.15) is 18.1 Å². The molecule has 0 aliphatic heterocycles. The van der Waals surface area contributed by atoms with Crippen LogP contribution in [0.15, 0.2) is 42.5 Å². The lowest BCUT2D eigenvalue weighted by Gasteiger charge is -2.17. The van der Waals surface area contributed by atoms with Crippen LogP contribution < -0.4 is 10.1 Å². The number of ether oxygens (including phenoxy) is 1. The number of hydrogen-bond donors (Lipinski definition) is 1. The molecule has 2 rings (SSSR count). The van der Waals surface area contributed by atoms with Crippen LogP contribution in [-0.4, -0.2) is 12.6 Å². The van der Waals surface area contributed by atoms with Gasteiger partial charge in [0.15, 0.2) is 0 Å². The van der Waals surface area contributed by atoms with Gasteiger partial charge in [-0.1, -0.05) is 29.3 Å². The molecule has 0 heterocycles. The average molecular weight is 290 g/mol. The largest absolute Gasteiger partial charge is 0.489 e. The number of halogens is 1. The lowest BCUT2D eigenvalue weighted by atomic mass is 10.1. The van der Waals surface area contributed by atoms with Gasteiger partial charge in [0.25, 0.3) is 0 Å². The van der Waals surface area contributed by atoms with E-state index in [2.05, 4.69) is 37.4 Å². The molecule has 2 aromatic rings. The van der Waals surface area contributed by atoms with Crippen LogP contribution >= 0.6 is 11.6 Å². The molecule has 1 N–H and O–H groups in total. The Morgan fingerprint density at radius 2 is 1.80 bits per heavy atom. The van der Waals surface area contributed by atoms with Crippen molar-refractivity contribution in [3.8, 4) is 5.75 Å². The molecule has 1 atom stereocenters. The second-order valence-electron chi connectivity index (χ2n) is 5.08. The fourth-order valence-corrected chi connectivity index (χ4v) is 2.18. The van der Waals surface area contributed by atoms with Crippen molar-refractivity contribution in [2.75, 3.05) is 11.9 Å². The third kappa shape index (κ3) is 4.17. The third-order valence-corrected chi connectivity index (χ3v) is 3.36. The summed E-state index contributed by atoms with van der Waals surface area (Å²) in [6, 6.07) is 13.8. The smallest absolute Gasteiger partial charge is 0.119 e. The summed E-state index contributed by atoms with van der Waals surface area (Å²) < 4.78 is 5.83. The molecule has 20 heavy (non-hydrogen) atoms. The monoisotopic (exact) mass is 289 g/mol. The van der Waals surface area contributed by atoms with Gasteiger partial charge in [-0.25, -0.2) is 0 Å². The van der Waals surface area contributed by atoms with Crippen LogP contribution in [0, 0.1) is 13.8 Å². The minimum Gasteiger partial charge on any atom is -0.489 e. The zero-order chi connectivity index (χ0) is 14.5. The Balaban J connectivity index is 1.88. The molecule has 3 heteroatoms. The van der Waals surface area contributed by atoms with Crippen LogP contribution in [0.5, 0.6) is 5.75 Å². The Morgan fingerprint density at radius 1 is 1.10 bits per heavy atom. The minimum atomic E-state index is 0.0804. The summed E-state index contributed by atoms with van der Waals surface area (Å²) in [6.45, 7) is 7.01. The van der Waals surface area contributed by atoms with E-state index in [0.717, 1.165) is 23.0 Å². The highest BCUT2D eigenvalue weighted by atomic mass is 35.5. The zero-order valence-corrected chi connectivity index (χ0v) is 12.9. The molecule has 0 aliphatic rings. The SMILES string of the molecule is Cc1ccc(NCC(C)Oc2ccc(Cl)cc2)c(C)c1. The zero-order valence-electron chi connectivity index (χ0n) is 12.1. The number of rotatable bonds is 5. The van der Waals surface area contributed by atoms with Gasteiger partial charge < -0.3 is 10.1 Å². The Hall–Kier alpha value is -1.67. The molecule has 0 aliphatic carbocycles. The first kappa shape index (κ1) is 14.7. The number of hydrogen-bond acceptors (Lipinski definition) is 2. The maximum atomic E-state index is 5.85. The lowest BCUT2D eigenvalue weighted by Crippen LogP contribution is -2.22. The van der Waals surface area contributed by atoms with Gasteiger partial charge in [-0.15, -0.1) is 0 Å². The van der Waals surface area contributed by atoms with E-state index in [0.29, 0.717) is 0 Å². The molecule has 0 fully saturated rings. The van der Waals surface area contributed by atoms with Gasteiger partial charge in [0.1, 0.15) is 11.9 Å². The lowest BCUT2D eigenvalue weighted by molar-refractivity contribution is 0.235. The molecule has 0 spiro atoms. The topological polar surface area (TPSA) is 21.3 Å². The molecule has 0 saturated heterocycles. The molecule has 0 amide bonds. The molecule has 106 valence electrons. The van der Waals surface area contributed by atoms with Gasteiger partial charge >= 0.3 is 0 Å². The van der Waals surface area contributed by atoms with Gasteiger partial charge in [-0.3, -0.25) is 0 Å². The number of benzene rings is 2. The maximum absolute atomic E-state index is 5.85. The van der Waals surface area contributed by atoms with Gasteiger partial charge in [0.2, 0.25) is 0 Å². The molecule has 2 aromatic carbocycles. The second-order valence-corrected chi connectivity index (χ2v) is 5.52. The van der Waals surface area contributed by atoms with Crippen molar-refractivity contribution in [3.05, 3.63) is 58.6 Å². The van der Waals surface area contributed by atoms with E-state index in [-0.39, 0.29) is 6.10 Å². The van der Waals surface area contributed by atoms with E-state index in [1.54, 1.807) is 0 Å². The summed E-state index contributed by atoms with van der Waals surface area (Å²) in [6.07, 6.45) is 0.0804. The summed E-state index contributed by atoms with van der Waals surface area (Å²) >= 11 is 5.85. The molecule has 1 unspecified atom stereocenters. The predicted octanol–water partition coefficient (Wildman–Crippen LogP) is 4.84. The van der Waals surface area contributed by atoms with Crippen molar-refractivity contribution >= 4 is 17.3 Å². The number of aryl methyl sites for hydroxylation is 2. The number of nitrogens with one attached hydrogen (secondary N) is 1. The third-order valence-electron chi connectivity index (χ3n) is 3.11. The summed E-state index contributed by atoms with van der Waals surface area (Å²) in [5, 5.41) is 4.14. The summed E-state index contributed by atoms with van der Waals surface area (Å²) in [7, 11) is 0. The van der Waals surface area contributed by atoms with Crippen LogP contribution in [-0.2, 0) is 0 Å². The van der Waals surface area contributed by atoms with Crippen LogP contribution in [0.25, 0.3) is 0 Å². The standard InChI is InChI=1S/C17H20ClNO/c1-12-4-9-17(13(2)10-12)19-11-14(3)20-16-7-5-15(18)6-8-16/h4-10,14,19H,11H2,1-3H3. The molecule has 0 bridgehead atoms. The highest BCUT2D eigenvalue weighted by molar-refractivity contribution is 6.30. The highest BCUT2D eigenvalue weighted by Crippen LogP contribution is 2.18. The molecular weight excluding hydrogens is 270 g/mol. The minimum absolute atomic E-state index is 0.0804. The summed E-state index contributed by atoms with van der Waals surface area (Å²) in [5.74, 6) is 0.837. The first-order chi connectivity index (χ1) is 9.54. The Morgan fingerprint density at radius 3 is 2.45 bits per heavy atom. The fraction of sp³-hybridized carbons (Fsp3) is 0.294. The second kappa shape index (κ2) is 6.67. The summed E-state index contributed by atoms with van der Waals surface area (Å²) in [4.78, 5) is 0. The fourth-order valence-electron chi connectivity index (χ4n) is 2.05. The maximum Gasteiger partial charge on any atom is 0.119 e. The van der Waals surface area contributed by atoms with Gasteiger partial charge in [0.05, 0.1) is 6.54 Å². The molecule has 0 radical (unpaired) electrons. The molecule has 2 nitrogen and oxygen atoms in total. The van der Waals surface area contributed by atoms with Gasteiger partial charge in [-0.05, 0) is 56.7 Å². The first-order valence-electron chi connectivity index (χ1n) is 6.78. The normalized spacial score (nSPS) is 12.0. The van der Waals surface area contributed by atoms with Crippen LogP contribution in [0.4, 0.5) is 5.69 Å². The number of anilines is 1. The Labute approximate surface area is 125 Å². The van der Waals surface area contributed by atoms with E-state index in [9.17, 15) is 0 Å². The van der Waals surface area contributed by atoms with Crippen molar-refractivity contribution in [2.45, 2.75) is 26.9 Å². The van der Waals surface area contributed by atoms with Crippen molar-refractivity contribution in [3.63, 3.8) is 0 Å². The highest BCUT2D eigenvalue weighted by Gasteiger charge is 2.05. The van der Waals surface area contributed by atoms with E-state index in [1.165, 1.54) is 11.1 Å². The summed E-state index contributed by atoms with van der Waals surface area (Å²) in [5.41, 5.74) is 3.68. The Kier molecular flexibility index (Phi) is 4.91. The Bertz CT molecular complexity index is 566. The van der Waals surface area contributed by atoms with Crippen molar-refractivity contribution in [1.82, 2.24) is 0 Å². The van der Waals surface area contributed by atoms with Gasteiger partial charge in [0, 0.05) is 10.7 Å². The predicted molar refractivity (Wildman–Crippen MR) is 85.9 cm³/mol. The molecule has 0 saturated carbocycles. The molecular formula is C17H20ClNO. The van der Waals surface area contributed by atoms with Crippen molar-refractivity contribution in [1.29, 1.82) is 0 Å². The van der Waals surface area contributed by atoms with E-state index < -0.39 is 0 Å². The average Bonchev–Trinajstić information content (AvgIpc) is 2.40. The van der Waals surface area contributed by atoms with Crippen LogP contribution in [0.2, 0.25) is 5.02 Å². The van der Waals surface area contributed by atoms with Crippen molar-refractivity contribution in [2.24, 2.45) is 0 Å².